The molecule has 0 N–H and O–H groups in total. The Morgan fingerprint density at radius 3 is 2.40 bits per heavy atom. The Morgan fingerprint density at radius 1 is 1.00 bits per heavy atom. The highest BCUT2D eigenvalue weighted by Gasteiger charge is 2.19. The Kier molecular flexibility index (Phi) is 4.12. The maximum absolute atomic E-state index is 8.91. The minimum atomic E-state index is 0.712. The predicted octanol–water partition coefficient (Wildman–Crippen LogP) is 2.77. The van der Waals surface area contributed by atoms with E-state index in [2.05, 4.69) is 45.7 Å². The van der Waals surface area contributed by atoms with Gasteiger partial charge in [0.1, 0.15) is 5.82 Å². The normalized spacial score (nSPS) is 15.4. The Morgan fingerprint density at radius 2 is 1.72 bits per heavy atom. The van der Waals surface area contributed by atoms with Crippen molar-refractivity contribution in [1.29, 1.82) is 5.26 Å². The molecule has 3 aromatic rings. The summed E-state index contributed by atoms with van der Waals surface area (Å²) in [6.45, 7) is 4.91. The first-order valence-corrected chi connectivity index (χ1v) is 8.62. The molecule has 0 radical (unpaired) electrons. The Hall–Kier alpha value is -2.84. The number of piperazine rings is 1. The molecule has 0 amide bonds. The first-order valence-electron chi connectivity index (χ1n) is 8.62. The van der Waals surface area contributed by atoms with Gasteiger partial charge in [0.2, 0.25) is 0 Å². The number of hydrogen-bond acceptors (Lipinski definition) is 4. The van der Waals surface area contributed by atoms with Gasteiger partial charge in [0.15, 0.2) is 0 Å². The molecule has 0 unspecified atom stereocenters. The summed E-state index contributed by atoms with van der Waals surface area (Å²) in [5.74, 6) is 1.12. The lowest BCUT2D eigenvalue weighted by molar-refractivity contribution is 0.242. The third-order valence-corrected chi connectivity index (χ3v) is 4.98. The number of aromatic nitrogens is 2. The molecule has 126 valence electrons. The van der Waals surface area contributed by atoms with E-state index in [-0.39, 0.29) is 0 Å². The van der Waals surface area contributed by atoms with Gasteiger partial charge in [-0.1, -0.05) is 12.1 Å². The quantitative estimate of drug-likeness (QED) is 0.740. The third kappa shape index (κ3) is 3.09. The molecule has 1 aromatic heterocycles. The highest BCUT2D eigenvalue weighted by molar-refractivity contribution is 5.75. The summed E-state index contributed by atoms with van der Waals surface area (Å²) in [4.78, 5) is 9.62. The van der Waals surface area contributed by atoms with Crippen LogP contribution < -0.4 is 4.90 Å². The van der Waals surface area contributed by atoms with Gasteiger partial charge in [-0.25, -0.2) is 4.98 Å². The van der Waals surface area contributed by atoms with Gasteiger partial charge in [0, 0.05) is 38.9 Å². The third-order valence-electron chi connectivity index (χ3n) is 4.98. The lowest BCUT2D eigenvalue weighted by Crippen LogP contribution is -2.46. The number of para-hydroxylation sites is 2. The highest BCUT2D eigenvalue weighted by Crippen LogP contribution is 2.19. The second kappa shape index (κ2) is 6.58. The van der Waals surface area contributed by atoms with Crippen molar-refractivity contribution in [2.24, 2.45) is 7.05 Å². The zero-order valence-electron chi connectivity index (χ0n) is 14.4. The number of anilines is 1. The fourth-order valence-electron chi connectivity index (χ4n) is 3.45. The lowest BCUT2D eigenvalue weighted by atomic mass is 10.2. The number of nitrogens with zero attached hydrogens (tertiary/aromatic N) is 5. The van der Waals surface area contributed by atoms with Gasteiger partial charge in [-0.15, -0.1) is 0 Å². The molecule has 0 saturated carbocycles. The molecular formula is C20H21N5. The molecule has 1 aliphatic rings. The largest absolute Gasteiger partial charge is 0.369 e. The van der Waals surface area contributed by atoms with Crippen molar-refractivity contribution in [2.45, 2.75) is 6.54 Å². The van der Waals surface area contributed by atoms with Crippen molar-refractivity contribution in [1.82, 2.24) is 14.5 Å². The standard InChI is InChI=1S/C20H21N5/c1-23-19-5-3-2-4-18(19)22-20(23)15-24-10-12-25(13-11-24)17-8-6-16(14-21)7-9-17/h2-9H,10-13,15H2,1H3. The van der Waals surface area contributed by atoms with Crippen LogP contribution in [0.5, 0.6) is 0 Å². The van der Waals surface area contributed by atoms with E-state index in [4.69, 9.17) is 10.2 Å². The summed E-state index contributed by atoms with van der Waals surface area (Å²) in [5, 5.41) is 8.91. The van der Waals surface area contributed by atoms with Gasteiger partial charge in [-0.2, -0.15) is 5.26 Å². The van der Waals surface area contributed by atoms with Crippen molar-refractivity contribution in [3.63, 3.8) is 0 Å². The molecular weight excluding hydrogens is 310 g/mol. The molecule has 5 nitrogen and oxygen atoms in total. The van der Waals surface area contributed by atoms with E-state index >= 15 is 0 Å². The van der Waals surface area contributed by atoms with Crippen LogP contribution in [0.1, 0.15) is 11.4 Å². The first kappa shape index (κ1) is 15.7. The number of imidazole rings is 1. The number of benzene rings is 2. The molecule has 0 bridgehead atoms. The Labute approximate surface area is 147 Å². The SMILES string of the molecule is Cn1c(CN2CCN(c3ccc(C#N)cc3)CC2)nc2ccccc21. The maximum Gasteiger partial charge on any atom is 0.123 e. The monoisotopic (exact) mass is 331 g/mol. The van der Waals surface area contributed by atoms with E-state index in [0.717, 1.165) is 44.1 Å². The van der Waals surface area contributed by atoms with Crippen LogP contribution >= 0.6 is 0 Å². The fraction of sp³-hybridized carbons (Fsp3) is 0.300. The molecule has 5 heteroatoms. The highest BCUT2D eigenvalue weighted by atomic mass is 15.3. The van der Waals surface area contributed by atoms with E-state index < -0.39 is 0 Å². The minimum absolute atomic E-state index is 0.712. The molecule has 2 heterocycles. The second-order valence-corrected chi connectivity index (χ2v) is 6.50. The number of hydrogen-bond donors (Lipinski definition) is 0. The molecule has 2 aromatic carbocycles. The van der Waals surface area contributed by atoms with Gasteiger partial charge in [-0.05, 0) is 36.4 Å². The van der Waals surface area contributed by atoms with Crippen LogP contribution in [-0.2, 0) is 13.6 Å². The predicted molar refractivity (Wildman–Crippen MR) is 99.4 cm³/mol. The smallest absolute Gasteiger partial charge is 0.123 e. The lowest BCUT2D eigenvalue weighted by Gasteiger charge is -2.35. The summed E-state index contributed by atoms with van der Waals surface area (Å²) in [6, 6.07) is 18.3. The van der Waals surface area contributed by atoms with Crippen molar-refractivity contribution in [3.8, 4) is 6.07 Å². The molecule has 1 aliphatic heterocycles. The van der Waals surface area contributed by atoms with Crippen molar-refractivity contribution >= 4 is 16.7 Å². The fourth-order valence-corrected chi connectivity index (χ4v) is 3.45. The van der Waals surface area contributed by atoms with Crippen molar-refractivity contribution < 1.29 is 0 Å². The van der Waals surface area contributed by atoms with Gasteiger partial charge in [-0.3, -0.25) is 4.90 Å². The molecule has 1 saturated heterocycles. The zero-order valence-corrected chi connectivity index (χ0v) is 14.4. The molecule has 0 atom stereocenters. The van der Waals surface area contributed by atoms with Crippen LogP contribution in [-0.4, -0.2) is 40.6 Å². The summed E-state index contributed by atoms with van der Waals surface area (Å²) in [5.41, 5.74) is 4.16. The van der Waals surface area contributed by atoms with Crippen LogP contribution in [0.25, 0.3) is 11.0 Å². The maximum atomic E-state index is 8.91. The molecule has 0 aliphatic carbocycles. The van der Waals surface area contributed by atoms with E-state index in [0.29, 0.717) is 5.56 Å². The molecule has 0 spiro atoms. The van der Waals surface area contributed by atoms with Crippen LogP contribution in [0.15, 0.2) is 48.5 Å². The van der Waals surface area contributed by atoms with Crippen LogP contribution in [0.2, 0.25) is 0 Å². The minimum Gasteiger partial charge on any atom is -0.369 e. The van der Waals surface area contributed by atoms with Crippen molar-refractivity contribution in [3.05, 3.63) is 59.9 Å². The van der Waals surface area contributed by atoms with E-state index in [1.54, 1.807) is 0 Å². The van der Waals surface area contributed by atoms with E-state index in [9.17, 15) is 0 Å². The van der Waals surface area contributed by atoms with Crippen molar-refractivity contribution in [2.75, 3.05) is 31.1 Å². The molecule has 1 fully saturated rings. The van der Waals surface area contributed by atoms with Crippen LogP contribution in [0.3, 0.4) is 0 Å². The Bertz CT molecular complexity index is 911. The van der Waals surface area contributed by atoms with Gasteiger partial charge < -0.3 is 9.47 Å². The average Bonchev–Trinajstić information content (AvgIpc) is 2.98. The molecule has 25 heavy (non-hydrogen) atoms. The topological polar surface area (TPSA) is 48.1 Å². The number of nitriles is 1. The van der Waals surface area contributed by atoms with E-state index in [1.165, 1.54) is 11.2 Å². The molecule has 4 rings (SSSR count). The summed E-state index contributed by atoms with van der Waals surface area (Å²) in [7, 11) is 2.09. The van der Waals surface area contributed by atoms with Crippen LogP contribution in [0, 0.1) is 11.3 Å². The second-order valence-electron chi connectivity index (χ2n) is 6.50. The van der Waals surface area contributed by atoms with Gasteiger partial charge >= 0.3 is 0 Å². The van der Waals surface area contributed by atoms with Gasteiger partial charge in [0.25, 0.3) is 0 Å². The number of fused-ring (bicyclic) bond motifs is 1. The van der Waals surface area contributed by atoms with Gasteiger partial charge in [0.05, 0.1) is 29.2 Å². The Balaban J connectivity index is 1.41. The number of aryl methyl sites for hydroxylation is 1. The summed E-state index contributed by atoms with van der Waals surface area (Å²) in [6.07, 6.45) is 0. The van der Waals surface area contributed by atoms with E-state index in [1.807, 2.05) is 30.3 Å². The average molecular weight is 331 g/mol. The summed E-state index contributed by atoms with van der Waals surface area (Å²) < 4.78 is 2.20. The van der Waals surface area contributed by atoms with Crippen LogP contribution in [0.4, 0.5) is 5.69 Å². The zero-order chi connectivity index (χ0) is 17.2. The first-order chi connectivity index (χ1) is 12.2. The summed E-state index contributed by atoms with van der Waals surface area (Å²) >= 11 is 0. The number of rotatable bonds is 3.